The van der Waals surface area contributed by atoms with Crippen molar-refractivity contribution in [2.75, 3.05) is 19.6 Å². The van der Waals surface area contributed by atoms with Gasteiger partial charge in [-0.05, 0) is 6.42 Å². The summed E-state index contributed by atoms with van der Waals surface area (Å²) in [5, 5.41) is 11.6. The van der Waals surface area contributed by atoms with Gasteiger partial charge in [-0.1, -0.05) is 13.3 Å². The molecule has 1 aliphatic heterocycles. The van der Waals surface area contributed by atoms with Crippen LogP contribution >= 0.6 is 0 Å². The fourth-order valence-electron chi connectivity index (χ4n) is 1.66. The molecular weight excluding hydrogens is 184 g/mol. The average Bonchev–Trinajstić information content (AvgIpc) is 2.13. The van der Waals surface area contributed by atoms with Crippen molar-refractivity contribution >= 4 is 11.9 Å². The lowest BCUT2D eigenvalue weighted by atomic mass is 10.1. The van der Waals surface area contributed by atoms with Gasteiger partial charge in [0.05, 0.1) is 6.54 Å². The van der Waals surface area contributed by atoms with Crippen LogP contribution in [0.15, 0.2) is 0 Å². The molecule has 1 aliphatic rings. The Balaban J connectivity index is 2.57. The van der Waals surface area contributed by atoms with Gasteiger partial charge in [0.2, 0.25) is 5.91 Å². The zero-order chi connectivity index (χ0) is 10.6. The van der Waals surface area contributed by atoms with Crippen molar-refractivity contribution in [3.05, 3.63) is 0 Å². The van der Waals surface area contributed by atoms with Gasteiger partial charge in [0.15, 0.2) is 0 Å². The third-order valence-electron chi connectivity index (χ3n) is 2.36. The molecule has 1 unspecified atom stereocenters. The number of nitrogens with zero attached hydrogens (tertiary/aromatic N) is 1. The first kappa shape index (κ1) is 11.0. The monoisotopic (exact) mass is 200 g/mol. The van der Waals surface area contributed by atoms with Gasteiger partial charge >= 0.3 is 5.97 Å². The van der Waals surface area contributed by atoms with Crippen LogP contribution in [0.1, 0.15) is 19.8 Å². The van der Waals surface area contributed by atoms with Gasteiger partial charge in [-0.15, -0.1) is 0 Å². The van der Waals surface area contributed by atoms with Crippen LogP contribution < -0.4 is 5.32 Å². The molecule has 14 heavy (non-hydrogen) atoms. The van der Waals surface area contributed by atoms with Crippen LogP contribution in [-0.4, -0.2) is 47.6 Å². The molecule has 0 aromatic carbocycles. The highest BCUT2D eigenvalue weighted by Gasteiger charge is 2.28. The minimum absolute atomic E-state index is 0.0846. The summed E-state index contributed by atoms with van der Waals surface area (Å²) in [4.78, 5) is 23.7. The third-order valence-corrected chi connectivity index (χ3v) is 2.36. The Morgan fingerprint density at radius 3 is 2.93 bits per heavy atom. The second-order valence-corrected chi connectivity index (χ2v) is 3.46. The van der Waals surface area contributed by atoms with Crippen molar-refractivity contribution in [2.24, 2.45) is 0 Å². The van der Waals surface area contributed by atoms with Gasteiger partial charge < -0.3 is 10.4 Å². The standard InChI is InChI=1S/C9H16N2O3/c1-2-3-7(9(13)14)11-5-4-10-8(12)6-11/h7H,2-6H2,1H3,(H,10,12)(H,13,14). The summed E-state index contributed by atoms with van der Waals surface area (Å²) in [5.74, 6) is -0.917. The van der Waals surface area contributed by atoms with Gasteiger partial charge in [0.1, 0.15) is 6.04 Å². The van der Waals surface area contributed by atoms with Crippen LogP contribution in [0.4, 0.5) is 0 Å². The van der Waals surface area contributed by atoms with E-state index in [0.717, 1.165) is 6.42 Å². The van der Waals surface area contributed by atoms with E-state index in [1.165, 1.54) is 0 Å². The zero-order valence-corrected chi connectivity index (χ0v) is 8.32. The minimum Gasteiger partial charge on any atom is -0.480 e. The topological polar surface area (TPSA) is 69.6 Å². The Morgan fingerprint density at radius 1 is 1.71 bits per heavy atom. The van der Waals surface area contributed by atoms with Crippen molar-refractivity contribution in [1.29, 1.82) is 0 Å². The van der Waals surface area contributed by atoms with E-state index < -0.39 is 12.0 Å². The number of nitrogens with one attached hydrogen (secondary N) is 1. The molecule has 5 nitrogen and oxygen atoms in total. The third kappa shape index (κ3) is 2.70. The molecule has 1 saturated heterocycles. The van der Waals surface area contributed by atoms with Crippen molar-refractivity contribution in [1.82, 2.24) is 10.2 Å². The van der Waals surface area contributed by atoms with Crippen LogP contribution in [0.2, 0.25) is 0 Å². The number of carbonyl (C=O) groups is 2. The van der Waals surface area contributed by atoms with Crippen LogP contribution in [0.5, 0.6) is 0 Å². The Bertz CT molecular complexity index is 230. The predicted octanol–water partition coefficient (Wildman–Crippen LogP) is -0.328. The molecule has 5 heteroatoms. The summed E-state index contributed by atoms with van der Waals surface area (Å²) in [6.45, 7) is 3.33. The van der Waals surface area contributed by atoms with Crippen LogP contribution in [-0.2, 0) is 9.59 Å². The van der Waals surface area contributed by atoms with Gasteiger partial charge in [-0.3, -0.25) is 14.5 Å². The molecule has 0 radical (unpaired) electrons. The number of carboxylic acids is 1. The number of rotatable bonds is 4. The summed E-state index contributed by atoms with van der Waals surface area (Å²) >= 11 is 0. The smallest absolute Gasteiger partial charge is 0.320 e. The van der Waals surface area contributed by atoms with Gasteiger partial charge in [-0.2, -0.15) is 0 Å². The number of piperazine rings is 1. The second kappa shape index (κ2) is 4.95. The Kier molecular flexibility index (Phi) is 3.88. The first-order chi connectivity index (χ1) is 6.65. The molecular formula is C9H16N2O3. The highest BCUT2D eigenvalue weighted by atomic mass is 16.4. The van der Waals surface area contributed by atoms with E-state index in [4.69, 9.17) is 5.11 Å². The molecule has 1 amide bonds. The molecule has 1 rings (SSSR count). The quantitative estimate of drug-likeness (QED) is 0.652. The maximum atomic E-state index is 11.1. The Morgan fingerprint density at radius 2 is 2.43 bits per heavy atom. The first-order valence-electron chi connectivity index (χ1n) is 4.88. The van der Waals surface area contributed by atoms with Gasteiger partial charge in [0, 0.05) is 13.1 Å². The van der Waals surface area contributed by atoms with E-state index in [2.05, 4.69) is 5.32 Å². The number of hydrogen-bond donors (Lipinski definition) is 2. The Labute approximate surface area is 83.1 Å². The summed E-state index contributed by atoms with van der Waals surface area (Å²) in [6.07, 6.45) is 1.41. The summed E-state index contributed by atoms with van der Waals surface area (Å²) in [5.41, 5.74) is 0. The molecule has 0 spiro atoms. The molecule has 80 valence electrons. The van der Waals surface area contributed by atoms with Gasteiger partial charge in [-0.25, -0.2) is 0 Å². The summed E-state index contributed by atoms with van der Waals surface area (Å²) in [7, 11) is 0. The second-order valence-electron chi connectivity index (χ2n) is 3.46. The largest absolute Gasteiger partial charge is 0.480 e. The lowest BCUT2D eigenvalue weighted by Crippen LogP contribution is -2.53. The number of carbonyl (C=O) groups excluding carboxylic acids is 1. The molecule has 2 N–H and O–H groups in total. The van der Waals surface area contributed by atoms with Crippen LogP contribution in [0.3, 0.4) is 0 Å². The minimum atomic E-state index is -0.832. The molecule has 1 heterocycles. The summed E-state index contributed by atoms with van der Waals surface area (Å²) < 4.78 is 0. The normalized spacial score (nSPS) is 20.2. The number of carboxylic acid groups (broad SMARTS) is 1. The van der Waals surface area contributed by atoms with E-state index in [1.54, 1.807) is 4.90 Å². The maximum Gasteiger partial charge on any atom is 0.320 e. The highest BCUT2D eigenvalue weighted by Crippen LogP contribution is 2.08. The van der Waals surface area contributed by atoms with E-state index >= 15 is 0 Å². The fraction of sp³-hybridized carbons (Fsp3) is 0.778. The lowest BCUT2D eigenvalue weighted by molar-refractivity contribution is -0.145. The van der Waals surface area contributed by atoms with Crippen LogP contribution in [0.25, 0.3) is 0 Å². The van der Waals surface area contributed by atoms with Crippen molar-refractivity contribution in [3.63, 3.8) is 0 Å². The maximum absolute atomic E-state index is 11.1. The number of amides is 1. The molecule has 0 saturated carbocycles. The van der Waals surface area contributed by atoms with E-state index in [-0.39, 0.29) is 12.5 Å². The van der Waals surface area contributed by atoms with Crippen LogP contribution in [0, 0.1) is 0 Å². The Hall–Kier alpha value is -1.10. The van der Waals surface area contributed by atoms with Gasteiger partial charge in [0.25, 0.3) is 0 Å². The van der Waals surface area contributed by atoms with Crippen molar-refractivity contribution in [3.8, 4) is 0 Å². The molecule has 1 atom stereocenters. The fourth-order valence-corrected chi connectivity index (χ4v) is 1.66. The molecule has 0 bridgehead atoms. The molecule has 0 aromatic heterocycles. The molecule has 0 aliphatic carbocycles. The number of aliphatic carboxylic acids is 1. The van der Waals surface area contributed by atoms with E-state index in [9.17, 15) is 9.59 Å². The van der Waals surface area contributed by atoms with E-state index in [0.29, 0.717) is 19.5 Å². The number of hydrogen-bond acceptors (Lipinski definition) is 3. The SMILES string of the molecule is CCCC(C(=O)O)N1CCNC(=O)C1. The van der Waals surface area contributed by atoms with Crippen molar-refractivity contribution < 1.29 is 14.7 Å². The predicted molar refractivity (Wildman–Crippen MR) is 50.9 cm³/mol. The van der Waals surface area contributed by atoms with Crippen molar-refractivity contribution in [2.45, 2.75) is 25.8 Å². The first-order valence-corrected chi connectivity index (χ1v) is 4.88. The zero-order valence-electron chi connectivity index (χ0n) is 8.32. The molecule has 0 aromatic rings. The van der Waals surface area contributed by atoms with E-state index in [1.807, 2.05) is 6.92 Å². The molecule has 1 fully saturated rings. The average molecular weight is 200 g/mol. The summed E-state index contributed by atoms with van der Waals surface area (Å²) in [6, 6.07) is -0.508. The highest BCUT2D eigenvalue weighted by molar-refractivity contribution is 5.80. The lowest BCUT2D eigenvalue weighted by Gasteiger charge is -2.31.